The molecule has 0 aliphatic rings. The molecule has 0 aliphatic heterocycles. The molecule has 0 aromatic carbocycles. The molecule has 0 aromatic rings. The molecule has 0 amide bonds. The third kappa shape index (κ3) is 15.6. The average Bonchev–Trinajstić information content (AvgIpc) is 2.41. The Morgan fingerprint density at radius 3 is 1.79 bits per heavy atom. The van der Waals surface area contributed by atoms with Gasteiger partial charge in [0.2, 0.25) is 0 Å². The second-order valence-corrected chi connectivity index (χ2v) is 5.95. The van der Waals surface area contributed by atoms with Gasteiger partial charge in [0.15, 0.2) is 0 Å². The maximum absolute atomic E-state index is 6.16. The standard InChI is InChI=1S/C18H37N/c1-3-5-7-9-11-13-15-17-18(19)16-14-12-10-8-6-4-2/h4,18H,2-3,5-17,19H2,1H3. The van der Waals surface area contributed by atoms with Gasteiger partial charge in [0.25, 0.3) is 0 Å². The Kier molecular flexibility index (Phi) is 15.5. The second kappa shape index (κ2) is 15.8. The molecule has 114 valence electrons. The van der Waals surface area contributed by atoms with Gasteiger partial charge in [-0.05, 0) is 25.7 Å². The smallest absolute Gasteiger partial charge is 0.00388 e. The van der Waals surface area contributed by atoms with Crippen LogP contribution in [0, 0.1) is 0 Å². The van der Waals surface area contributed by atoms with Gasteiger partial charge >= 0.3 is 0 Å². The predicted octanol–water partition coefficient (Wildman–Crippen LogP) is 5.98. The molecule has 0 spiro atoms. The minimum atomic E-state index is 0.454. The van der Waals surface area contributed by atoms with Crippen molar-refractivity contribution in [3.63, 3.8) is 0 Å². The third-order valence-electron chi connectivity index (χ3n) is 3.91. The molecule has 19 heavy (non-hydrogen) atoms. The number of unbranched alkanes of at least 4 members (excludes halogenated alkanes) is 10. The van der Waals surface area contributed by atoms with E-state index in [1.165, 1.54) is 89.9 Å². The van der Waals surface area contributed by atoms with E-state index < -0.39 is 0 Å². The topological polar surface area (TPSA) is 26.0 Å². The third-order valence-corrected chi connectivity index (χ3v) is 3.91. The van der Waals surface area contributed by atoms with Crippen molar-refractivity contribution in [2.75, 3.05) is 0 Å². The molecular formula is C18H37N. The minimum Gasteiger partial charge on any atom is -0.328 e. The molecule has 1 atom stereocenters. The predicted molar refractivity (Wildman–Crippen MR) is 88.5 cm³/mol. The molecule has 0 aliphatic carbocycles. The monoisotopic (exact) mass is 267 g/mol. The molecular weight excluding hydrogens is 230 g/mol. The lowest BCUT2D eigenvalue weighted by atomic mass is 10.0. The first-order valence-corrected chi connectivity index (χ1v) is 8.67. The Hall–Kier alpha value is -0.300. The average molecular weight is 268 g/mol. The van der Waals surface area contributed by atoms with Crippen LogP contribution >= 0.6 is 0 Å². The number of hydrogen-bond acceptors (Lipinski definition) is 1. The van der Waals surface area contributed by atoms with Crippen LogP contribution in [-0.2, 0) is 0 Å². The minimum absolute atomic E-state index is 0.454. The quantitative estimate of drug-likeness (QED) is 0.286. The molecule has 0 fully saturated rings. The maximum Gasteiger partial charge on any atom is 0.00388 e. The zero-order valence-electron chi connectivity index (χ0n) is 13.3. The Morgan fingerprint density at radius 1 is 0.789 bits per heavy atom. The summed E-state index contributed by atoms with van der Waals surface area (Å²) < 4.78 is 0. The normalized spacial score (nSPS) is 12.5. The highest BCUT2D eigenvalue weighted by Gasteiger charge is 2.02. The van der Waals surface area contributed by atoms with Crippen LogP contribution in [0.1, 0.15) is 96.8 Å². The summed E-state index contributed by atoms with van der Waals surface area (Å²) in [6.07, 6.45) is 20.7. The highest BCUT2D eigenvalue weighted by atomic mass is 14.6. The molecule has 1 heteroatoms. The lowest BCUT2D eigenvalue weighted by molar-refractivity contribution is 0.485. The fourth-order valence-corrected chi connectivity index (χ4v) is 2.56. The SMILES string of the molecule is C=CCCCCCCC(N)CCCCCCCCC. The van der Waals surface area contributed by atoms with E-state index in [1.807, 2.05) is 6.08 Å². The first kappa shape index (κ1) is 18.7. The van der Waals surface area contributed by atoms with Gasteiger partial charge in [-0.15, -0.1) is 6.58 Å². The van der Waals surface area contributed by atoms with Crippen LogP contribution in [0.15, 0.2) is 12.7 Å². The van der Waals surface area contributed by atoms with Crippen molar-refractivity contribution < 1.29 is 0 Å². The van der Waals surface area contributed by atoms with Crippen molar-refractivity contribution in [3.05, 3.63) is 12.7 Å². The fourth-order valence-electron chi connectivity index (χ4n) is 2.56. The van der Waals surface area contributed by atoms with Gasteiger partial charge in [0, 0.05) is 6.04 Å². The summed E-state index contributed by atoms with van der Waals surface area (Å²) in [6, 6.07) is 0.454. The van der Waals surface area contributed by atoms with Gasteiger partial charge in [0.1, 0.15) is 0 Å². The summed E-state index contributed by atoms with van der Waals surface area (Å²) in [5, 5.41) is 0. The number of rotatable bonds is 15. The molecule has 0 heterocycles. The zero-order chi connectivity index (χ0) is 14.2. The zero-order valence-corrected chi connectivity index (χ0v) is 13.3. The van der Waals surface area contributed by atoms with E-state index >= 15 is 0 Å². The lowest BCUT2D eigenvalue weighted by Gasteiger charge is -2.11. The second-order valence-electron chi connectivity index (χ2n) is 5.95. The first-order chi connectivity index (χ1) is 9.31. The summed E-state index contributed by atoms with van der Waals surface area (Å²) in [7, 11) is 0. The van der Waals surface area contributed by atoms with E-state index in [4.69, 9.17) is 5.73 Å². The van der Waals surface area contributed by atoms with Gasteiger partial charge < -0.3 is 5.73 Å². The molecule has 2 N–H and O–H groups in total. The summed E-state index contributed by atoms with van der Waals surface area (Å²) >= 11 is 0. The van der Waals surface area contributed by atoms with E-state index in [1.54, 1.807) is 0 Å². The van der Waals surface area contributed by atoms with Crippen molar-refractivity contribution in [1.82, 2.24) is 0 Å². The van der Waals surface area contributed by atoms with Gasteiger partial charge in [-0.2, -0.15) is 0 Å². The highest BCUT2D eigenvalue weighted by molar-refractivity contribution is 4.66. The van der Waals surface area contributed by atoms with Crippen LogP contribution in [-0.4, -0.2) is 6.04 Å². The van der Waals surface area contributed by atoms with Gasteiger partial charge in [-0.25, -0.2) is 0 Å². The van der Waals surface area contributed by atoms with Gasteiger partial charge in [0.05, 0.1) is 0 Å². The van der Waals surface area contributed by atoms with Crippen molar-refractivity contribution in [2.45, 2.75) is 103 Å². The van der Waals surface area contributed by atoms with Crippen LogP contribution in [0.5, 0.6) is 0 Å². The van der Waals surface area contributed by atoms with E-state index in [0.717, 1.165) is 0 Å². The van der Waals surface area contributed by atoms with Crippen molar-refractivity contribution >= 4 is 0 Å². The molecule has 0 radical (unpaired) electrons. The van der Waals surface area contributed by atoms with Crippen molar-refractivity contribution in [1.29, 1.82) is 0 Å². The van der Waals surface area contributed by atoms with Crippen molar-refractivity contribution in [3.8, 4) is 0 Å². The summed E-state index contributed by atoms with van der Waals surface area (Å²) in [5.74, 6) is 0. The summed E-state index contributed by atoms with van der Waals surface area (Å²) in [4.78, 5) is 0. The molecule has 0 rings (SSSR count). The Morgan fingerprint density at radius 2 is 1.26 bits per heavy atom. The maximum atomic E-state index is 6.16. The largest absolute Gasteiger partial charge is 0.328 e. The fraction of sp³-hybridized carbons (Fsp3) is 0.889. The molecule has 0 saturated heterocycles. The highest BCUT2D eigenvalue weighted by Crippen LogP contribution is 2.12. The number of hydrogen-bond donors (Lipinski definition) is 1. The lowest BCUT2D eigenvalue weighted by Crippen LogP contribution is -2.19. The van der Waals surface area contributed by atoms with E-state index in [9.17, 15) is 0 Å². The van der Waals surface area contributed by atoms with Crippen LogP contribution in [0.3, 0.4) is 0 Å². The van der Waals surface area contributed by atoms with Crippen molar-refractivity contribution in [2.24, 2.45) is 5.73 Å². The molecule has 0 aromatic heterocycles. The molecule has 1 unspecified atom stereocenters. The van der Waals surface area contributed by atoms with Crippen LogP contribution in [0.25, 0.3) is 0 Å². The Labute approximate surface area is 122 Å². The van der Waals surface area contributed by atoms with Crippen LogP contribution < -0.4 is 5.73 Å². The molecule has 0 saturated carbocycles. The van der Waals surface area contributed by atoms with E-state index in [-0.39, 0.29) is 0 Å². The molecule has 0 bridgehead atoms. The van der Waals surface area contributed by atoms with E-state index in [2.05, 4.69) is 13.5 Å². The van der Waals surface area contributed by atoms with Crippen LogP contribution in [0.2, 0.25) is 0 Å². The Bertz CT molecular complexity index is 177. The summed E-state index contributed by atoms with van der Waals surface area (Å²) in [5.41, 5.74) is 6.16. The van der Waals surface area contributed by atoms with E-state index in [0.29, 0.717) is 6.04 Å². The number of allylic oxidation sites excluding steroid dienone is 1. The van der Waals surface area contributed by atoms with Crippen LogP contribution in [0.4, 0.5) is 0 Å². The summed E-state index contributed by atoms with van der Waals surface area (Å²) in [6.45, 7) is 6.03. The van der Waals surface area contributed by atoms with Gasteiger partial charge in [-0.3, -0.25) is 0 Å². The molecule has 1 nitrogen and oxygen atoms in total. The first-order valence-electron chi connectivity index (χ1n) is 8.67. The number of nitrogens with two attached hydrogens (primary N) is 1. The Balaban J connectivity index is 3.12. The van der Waals surface area contributed by atoms with Gasteiger partial charge in [-0.1, -0.05) is 77.2 Å².